The average Bonchev–Trinajstić information content (AvgIpc) is 2.36. The molecule has 2 N–H and O–H groups in total. The van der Waals surface area contributed by atoms with E-state index in [1.807, 2.05) is 24.1 Å². The number of hydrogen-bond acceptors (Lipinski definition) is 3. The number of nitrogens with zero attached hydrogens (tertiary/aromatic N) is 2. The van der Waals surface area contributed by atoms with Gasteiger partial charge >= 0.3 is 0 Å². The van der Waals surface area contributed by atoms with E-state index in [0.717, 1.165) is 12.1 Å². The Labute approximate surface area is 106 Å². The topological polar surface area (TPSA) is 42.2 Å². The predicted octanol–water partition coefficient (Wildman–Crippen LogP) is 2.43. The molecule has 0 saturated heterocycles. The first-order valence-electron chi connectivity index (χ1n) is 5.77. The van der Waals surface area contributed by atoms with E-state index in [2.05, 4.69) is 4.98 Å². The molecule has 0 unspecified atom stereocenters. The summed E-state index contributed by atoms with van der Waals surface area (Å²) in [6.07, 6.45) is 3.51. The summed E-state index contributed by atoms with van der Waals surface area (Å²) in [5.41, 5.74) is 7.51. The van der Waals surface area contributed by atoms with Crippen molar-refractivity contribution < 1.29 is 4.39 Å². The molecule has 0 fully saturated rings. The third kappa shape index (κ3) is 3.05. The number of benzene rings is 1. The number of aromatic nitrogens is 1. The fourth-order valence-corrected chi connectivity index (χ4v) is 1.87. The molecule has 0 aliphatic rings. The third-order valence-corrected chi connectivity index (χ3v) is 2.75. The smallest absolute Gasteiger partial charge is 0.150 e. The minimum Gasteiger partial charge on any atom is -0.396 e. The standard InChI is InChI=1S/C14H16FN3/c1-18(9-11-5-7-17-8-6-11)10-12-3-2-4-13(16)14(12)15/h2-8H,9-10,16H2,1H3. The van der Waals surface area contributed by atoms with E-state index < -0.39 is 0 Å². The van der Waals surface area contributed by atoms with Gasteiger partial charge in [-0.2, -0.15) is 0 Å². The lowest BCUT2D eigenvalue weighted by Crippen LogP contribution is -2.18. The lowest BCUT2D eigenvalue weighted by Gasteiger charge is -2.17. The lowest BCUT2D eigenvalue weighted by atomic mass is 10.1. The fraction of sp³-hybridized carbons (Fsp3) is 0.214. The highest BCUT2D eigenvalue weighted by Crippen LogP contribution is 2.16. The molecule has 1 aromatic carbocycles. The summed E-state index contributed by atoms with van der Waals surface area (Å²) in [5.74, 6) is -0.320. The summed E-state index contributed by atoms with van der Waals surface area (Å²) in [6.45, 7) is 1.27. The number of halogens is 1. The first-order valence-corrected chi connectivity index (χ1v) is 5.77. The van der Waals surface area contributed by atoms with Gasteiger partial charge in [-0.05, 0) is 30.8 Å². The van der Waals surface area contributed by atoms with Crippen LogP contribution in [0.5, 0.6) is 0 Å². The van der Waals surface area contributed by atoms with Gasteiger partial charge in [0.05, 0.1) is 5.69 Å². The van der Waals surface area contributed by atoms with Gasteiger partial charge < -0.3 is 5.73 Å². The molecule has 1 heterocycles. The Kier molecular flexibility index (Phi) is 3.89. The number of anilines is 1. The van der Waals surface area contributed by atoms with Crippen LogP contribution in [0.2, 0.25) is 0 Å². The molecule has 0 atom stereocenters. The van der Waals surface area contributed by atoms with Gasteiger partial charge in [0.25, 0.3) is 0 Å². The Morgan fingerprint density at radius 3 is 2.61 bits per heavy atom. The molecule has 0 amide bonds. The van der Waals surface area contributed by atoms with E-state index in [4.69, 9.17) is 5.73 Å². The maximum Gasteiger partial charge on any atom is 0.150 e. The molecule has 1 aromatic heterocycles. The lowest BCUT2D eigenvalue weighted by molar-refractivity contribution is 0.313. The number of nitrogens with two attached hydrogens (primary N) is 1. The van der Waals surface area contributed by atoms with Crippen LogP contribution in [0.3, 0.4) is 0 Å². The highest BCUT2D eigenvalue weighted by Gasteiger charge is 2.08. The van der Waals surface area contributed by atoms with Crippen molar-refractivity contribution >= 4 is 5.69 Å². The van der Waals surface area contributed by atoms with Crippen molar-refractivity contribution in [3.8, 4) is 0 Å². The molecule has 3 nitrogen and oxygen atoms in total. The van der Waals surface area contributed by atoms with Crippen LogP contribution < -0.4 is 5.73 Å². The summed E-state index contributed by atoms with van der Waals surface area (Å²) in [6, 6.07) is 9.00. The van der Waals surface area contributed by atoms with E-state index in [9.17, 15) is 4.39 Å². The van der Waals surface area contributed by atoms with Crippen LogP contribution in [0.4, 0.5) is 10.1 Å². The van der Waals surface area contributed by atoms with E-state index >= 15 is 0 Å². The molecule has 0 spiro atoms. The summed E-state index contributed by atoms with van der Waals surface area (Å²) in [7, 11) is 1.95. The first-order chi connectivity index (χ1) is 8.66. The van der Waals surface area contributed by atoms with E-state index in [-0.39, 0.29) is 11.5 Å². The van der Waals surface area contributed by atoms with E-state index in [1.54, 1.807) is 30.6 Å². The minimum absolute atomic E-state index is 0.199. The van der Waals surface area contributed by atoms with Crippen LogP contribution >= 0.6 is 0 Å². The minimum atomic E-state index is -0.320. The highest BCUT2D eigenvalue weighted by atomic mass is 19.1. The number of hydrogen-bond donors (Lipinski definition) is 1. The molecule has 94 valence electrons. The summed E-state index contributed by atoms with van der Waals surface area (Å²) in [4.78, 5) is 6.00. The zero-order chi connectivity index (χ0) is 13.0. The van der Waals surface area contributed by atoms with Gasteiger partial charge in [0.2, 0.25) is 0 Å². The normalized spacial score (nSPS) is 10.8. The van der Waals surface area contributed by atoms with Crippen molar-refractivity contribution in [2.45, 2.75) is 13.1 Å². The molecule has 0 radical (unpaired) electrons. The van der Waals surface area contributed by atoms with Crippen molar-refractivity contribution in [2.75, 3.05) is 12.8 Å². The van der Waals surface area contributed by atoms with Crippen molar-refractivity contribution in [3.63, 3.8) is 0 Å². The van der Waals surface area contributed by atoms with Crippen molar-refractivity contribution in [3.05, 3.63) is 59.7 Å². The monoisotopic (exact) mass is 245 g/mol. The maximum absolute atomic E-state index is 13.7. The second-order valence-corrected chi connectivity index (χ2v) is 4.35. The van der Waals surface area contributed by atoms with E-state index in [1.165, 1.54) is 0 Å². The zero-order valence-electron chi connectivity index (χ0n) is 10.3. The first kappa shape index (κ1) is 12.5. The van der Waals surface area contributed by atoms with Gasteiger partial charge in [-0.15, -0.1) is 0 Å². The zero-order valence-corrected chi connectivity index (χ0v) is 10.3. The molecule has 0 aliphatic carbocycles. The molecule has 0 aliphatic heterocycles. The fourth-order valence-electron chi connectivity index (χ4n) is 1.87. The van der Waals surface area contributed by atoms with E-state index in [0.29, 0.717) is 12.1 Å². The van der Waals surface area contributed by atoms with Crippen LogP contribution in [-0.4, -0.2) is 16.9 Å². The Morgan fingerprint density at radius 2 is 1.89 bits per heavy atom. The molecule has 2 rings (SSSR count). The summed E-state index contributed by atoms with van der Waals surface area (Å²) >= 11 is 0. The Balaban J connectivity index is 2.03. The molecule has 0 bridgehead atoms. The third-order valence-electron chi connectivity index (χ3n) is 2.75. The predicted molar refractivity (Wildman–Crippen MR) is 70.2 cm³/mol. The van der Waals surface area contributed by atoms with Crippen LogP contribution in [0.15, 0.2) is 42.7 Å². The highest BCUT2D eigenvalue weighted by molar-refractivity contribution is 5.42. The van der Waals surface area contributed by atoms with Crippen molar-refractivity contribution in [1.82, 2.24) is 9.88 Å². The summed E-state index contributed by atoms with van der Waals surface area (Å²) in [5, 5.41) is 0. The average molecular weight is 245 g/mol. The number of nitrogen functional groups attached to an aromatic ring is 1. The second kappa shape index (κ2) is 5.60. The van der Waals surface area contributed by atoms with Crippen LogP contribution in [0.1, 0.15) is 11.1 Å². The molecule has 18 heavy (non-hydrogen) atoms. The van der Waals surface area contributed by atoms with Gasteiger partial charge in [-0.3, -0.25) is 9.88 Å². The van der Waals surface area contributed by atoms with Gasteiger partial charge in [-0.1, -0.05) is 12.1 Å². The van der Waals surface area contributed by atoms with Crippen LogP contribution in [-0.2, 0) is 13.1 Å². The Hall–Kier alpha value is -1.94. The second-order valence-electron chi connectivity index (χ2n) is 4.35. The van der Waals surface area contributed by atoms with Crippen molar-refractivity contribution in [1.29, 1.82) is 0 Å². The maximum atomic E-state index is 13.7. The van der Waals surface area contributed by atoms with Gasteiger partial charge in [0, 0.05) is 31.0 Å². The Morgan fingerprint density at radius 1 is 1.17 bits per heavy atom. The molecule has 0 saturated carbocycles. The van der Waals surface area contributed by atoms with Crippen LogP contribution in [0, 0.1) is 5.82 Å². The number of pyridine rings is 1. The van der Waals surface area contributed by atoms with Crippen LogP contribution in [0.25, 0.3) is 0 Å². The molecular weight excluding hydrogens is 229 g/mol. The quantitative estimate of drug-likeness (QED) is 0.841. The van der Waals surface area contributed by atoms with Gasteiger partial charge in [0.15, 0.2) is 5.82 Å². The SMILES string of the molecule is CN(Cc1ccncc1)Cc1cccc(N)c1F. The summed E-state index contributed by atoms with van der Waals surface area (Å²) < 4.78 is 13.7. The molecular formula is C14H16FN3. The Bertz CT molecular complexity index is 514. The largest absolute Gasteiger partial charge is 0.396 e. The molecule has 2 aromatic rings. The number of rotatable bonds is 4. The van der Waals surface area contributed by atoms with Gasteiger partial charge in [0.1, 0.15) is 0 Å². The molecule has 4 heteroatoms. The van der Waals surface area contributed by atoms with Crippen molar-refractivity contribution in [2.24, 2.45) is 0 Å². The van der Waals surface area contributed by atoms with Gasteiger partial charge in [-0.25, -0.2) is 4.39 Å².